The lowest BCUT2D eigenvalue weighted by Crippen LogP contribution is -2.36. The number of amides is 1. The van der Waals surface area contributed by atoms with Crippen molar-refractivity contribution in [2.45, 2.75) is 49.1 Å². The zero-order valence-electron chi connectivity index (χ0n) is 13.9. The Hall–Kier alpha value is -2.11. The molecule has 1 saturated heterocycles. The number of sulfonamides is 1. The summed E-state index contributed by atoms with van der Waals surface area (Å²) in [5, 5.41) is 11.7. The van der Waals surface area contributed by atoms with Crippen molar-refractivity contribution in [2.75, 3.05) is 13.1 Å². The van der Waals surface area contributed by atoms with E-state index in [1.165, 1.54) is 12.1 Å². The van der Waals surface area contributed by atoms with E-state index in [0.717, 1.165) is 25.7 Å². The van der Waals surface area contributed by atoms with Crippen molar-refractivity contribution >= 4 is 15.9 Å². The van der Waals surface area contributed by atoms with Crippen molar-refractivity contribution in [3.63, 3.8) is 0 Å². The Morgan fingerprint density at radius 1 is 1.20 bits per heavy atom. The van der Waals surface area contributed by atoms with E-state index >= 15 is 0 Å². The lowest BCUT2D eigenvalue weighted by Gasteiger charge is -2.14. The normalized spacial score (nSPS) is 21.2. The van der Waals surface area contributed by atoms with Crippen LogP contribution in [0.3, 0.4) is 0 Å². The van der Waals surface area contributed by atoms with Gasteiger partial charge in [0.05, 0.1) is 4.90 Å². The van der Waals surface area contributed by atoms with Crippen molar-refractivity contribution in [1.82, 2.24) is 14.9 Å². The van der Waals surface area contributed by atoms with Gasteiger partial charge in [-0.2, -0.15) is 5.26 Å². The van der Waals surface area contributed by atoms with Gasteiger partial charge in [0.25, 0.3) is 5.91 Å². The molecule has 1 heterocycles. The largest absolute Gasteiger partial charge is 0.347 e. The molecule has 2 N–H and O–H groups in total. The van der Waals surface area contributed by atoms with Gasteiger partial charge in [-0.1, -0.05) is 18.9 Å². The maximum atomic E-state index is 12.5. The second-order valence-electron chi connectivity index (χ2n) is 6.64. The van der Waals surface area contributed by atoms with Crippen molar-refractivity contribution in [3.05, 3.63) is 29.8 Å². The zero-order valence-corrected chi connectivity index (χ0v) is 14.8. The van der Waals surface area contributed by atoms with E-state index < -0.39 is 10.0 Å². The van der Waals surface area contributed by atoms with E-state index in [2.05, 4.69) is 16.2 Å². The molecule has 1 aromatic carbocycles. The Labute approximate surface area is 148 Å². The number of hydrogen-bond donors (Lipinski definition) is 2. The van der Waals surface area contributed by atoms with E-state index in [4.69, 9.17) is 5.26 Å². The molecule has 8 heteroatoms. The number of carbonyl (C=O) groups is 1. The van der Waals surface area contributed by atoms with Gasteiger partial charge in [0.2, 0.25) is 10.0 Å². The van der Waals surface area contributed by atoms with Crippen LogP contribution in [0.2, 0.25) is 0 Å². The molecule has 3 rings (SSSR count). The molecule has 2 aliphatic rings. The summed E-state index contributed by atoms with van der Waals surface area (Å²) in [6.45, 7) is 1.12. The summed E-state index contributed by atoms with van der Waals surface area (Å²) in [4.78, 5) is 14.1. The maximum Gasteiger partial charge on any atom is 0.251 e. The Bertz CT molecular complexity index is 781. The van der Waals surface area contributed by atoms with E-state index in [-0.39, 0.29) is 22.9 Å². The fourth-order valence-electron chi connectivity index (χ4n) is 3.37. The Balaban J connectivity index is 1.68. The second kappa shape index (κ2) is 7.42. The molecule has 0 radical (unpaired) electrons. The van der Waals surface area contributed by atoms with E-state index in [9.17, 15) is 13.2 Å². The molecule has 134 valence electrons. The van der Waals surface area contributed by atoms with Crippen LogP contribution in [0.1, 0.15) is 42.5 Å². The molecule has 25 heavy (non-hydrogen) atoms. The Morgan fingerprint density at radius 3 is 2.64 bits per heavy atom. The highest BCUT2D eigenvalue weighted by Crippen LogP contribution is 2.21. The molecule has 0 bridgehead atoms. The first-order valence-electron chi connectivity index (χ1n) is 8.56. The highest BCUT2D eigenvalue weighted by Gasteiger charge is 2.25. The van der Waals surface area contributed by atoms with Crippen LogP contribution in [-0.4, -0.2) is 44.4 Å². The van der Waals surface area contributed by atoms with Crippen LogP contribution in [-0.2, 0) is 10.0 Å². The first kappa shape index (κ1) is 17.7. The molecular formula is C17H22N4O3S. The average Bonchev–Trinajstić information content (AvgIpc) is 3.26. The monoisotopic (exact) mass is 362 g/mol. The molecule has 1 aromatic rings. The highest BCUT2D eigenvalue weighted by molar-refractivity contribution is 7.89. The van der Waals surface area contributed by atoms with E-state index in [1.807, 2.05) is 0 Å². The van der Waals surface area contributed by atoms with Gasteiger partial charge in [-0.3, -0.25) is 4.79 Å². The summed E-state index contributed by atoms with van der Waals surface area (Å²) >= 11 is 0. The van der Waals surface area contributed by atoms with Gasteiger partial charge >= 0.3 is 0 Å². The standard InChI is InChI=1S/C17H22N4O3S/c18-12-21-9-8-15(11-21)19-17(22)13-4-3-7-16(10-13)25(23,24)20-14-5-1-2-6-14/h3-4,7,10,14-15,20H,1-2,5-6,8-9,11H2,(H,19,22). The highest BCUT2D eigenvalue weighted by atomic mass is 32.2. The number of carbonyl (C=O) groups excluding carboxylic acids is 1. The van der Waals surface area contributed by atoms with E-state index in [0.29, 0.717) is 25.1 Å². The molecule has 1 atom stereocenters. The summed E-state index contributed by atoms with van der Waals surface area (Å²) < 4.78 is 27.7. The van der Waals surface area contributed by atoms with Crippen LogP contribution in [0.25, 0.3) is 0 Å². The van der Waals surface area contributed by atoms with Crippen LogP contribution in [0.5, 0.6) is 0 Å². The number of nitrogens with zero attached hydrogens (tertiary/aromatic N) is 2. The SMILES string of the molecule is N#CN1CCC(NC(=O)c2cccc(S(=O)(=O)NC3CCCC3)c2)C1. The smallest absolute Gasteiger partial charge is 0.251 e. The summed E-state index contributed by atoms with van der Waals surface area (Å²) in [6.07, 6.45) is 6.57. The van der Waals surface area contributed by atoms with Crippen LogP contribution in [0.15, 0.2) is 29.2 Å². The van der Waals surface area contributed by atoms with Crippen LogP contribution in [0, 0.1) is 11.5 Å². The number of hydrogen-bond acceptors (Lipinski definition) is 5. The van der Waals surface area contributed by atoms with Crippen molar-refractivity contribution in [2.24, 2.45) is 0 Å². The molecule has 2 fully saturated rings. The first-order chi connectivity index (χ1) is 12.0. The minimum absolute atomic E-state index is 0.0158. The Morgan fingerprint density at radius 2 is 1.96 bits per heavy atom. The van der Waals surface area contributed by atoms with Gasteiger partial charge in [-0.15, -0.1) is 0 Å². The van der Waals surface area contributed by atoms with Gasteiger partial charge in [0.1, 0.15) is 0 Å². The average molecular weight is 362 g/mol. The third-order valence-electron chi connectivity index (χ3n) is 4.75. The van der Waals surface area contributed by atoms with Crippen molar-refractivity contribution < 1.29 is 13.2 Å². The fourth-order valence-corrected chi connectivity index (χ4v) is 4.72. The molecule has 7 nitrogen and oxygen atoms in total. The zero-order chi connectivity index (χ0) is 17.9. The molecular weight excluding hydrogens is 340 g/mol. The van der Waals surface area contributed by atoms with Gasteiger partial charge in [0.15, 0.2) is 6.19 Å². The van der Waals surface area contributed by atoms with E-state index in [1.54, 1.807) is 17.0 Å². The van der Waals surface area contributed by atoms with Crippen LogP contribution >= 0.6 is 0 Å². The predicted octanol–water partition coefficient (Wildman–Crippen LogP) is 1.19. The van der Waals surface area contributed by atoms with Crippen molar-refractivity contribution in [3.8, 4) is 6.19 Å². The molecule has 1 aliphatic heterocycles. The topological polar surface area (TPSA) is 102 Å². The number of nitriles is 1. The Kier molecular flexibility index (Phi) is 5.25. The molecule has 1 amide bonds. The van der Waals surface area contributed by atoms with Gasteiger partial charge < -0.3 is 10.2 Å². The predicted molar refractivity (Wildman–Crippen MR) is 92.1 cm³/mol. The molecule has 0 aromatic heterocycles. The summed E-state index contributed by atoms with van der Waals surface area (Å²) in [7, 11) is -3.62. The lowest BCUT2D eigenvalue weighted by atomic mass is 10.2. The van der Waals surface area contributed by atoms with Gasteiger partial charge in [-0.25, -0.2) is 13.1 Å². The fraction of sp³-hybridized carbons (Fsp3) is 0.529. The van der Waals surface area contributed by atoms with Crippen LogP contribution in [0.4, 0.5) is 0 Å². The lowest BCUT2D eigenvalue weighted by molar-refractivity contribution is 0.0938. The third kappa shape index (κ3) is 4.30. The maximum absolute atomic E-state index is 12.5. The van der Waals surface area contributed by atoms with Crippen LogP contribution < -0.4 is 10.0 Å². The molecule has 1 aliphatic carbocycles. The summed E-state index contributed by atoms with van der Waals surface area (Å²) in [6, 6.07) is 5.97. The number of nitrogens with one attached hydrogen (secondary N) is 2. The summed E-state index contributed by atoms with van der Waals surface area (Å²) in [5.41, 5.74) is 0.310. The second-order valence-corrected chi connectivity index (χ2v) is 8.35. The third-order valence-corrected chi connectivity index (χ3v) is 6.27. The van der Waals surface area contributed by atoms with Crippen molar-refractivity contribution in [1.29, 1.82) is 5.26 Å². The van der Waals surface area contributed by atoms with Gasteiger partial charge in [-0.05, 0) is 37.5 Å². The number of likely N-dealkylation sites (tertiary alicyclic amines) is 1. The molecule has 1 unspecified atom stereocenters. The first-order valence-corrected chi connectivity index (χ1v) is 10.0. The van der Waals surface area contributed by atoms with Gasteiger partial charge in [0, 0.05) is 30.7 Å². The molecule has 1 saturated carbocycles. The number of rotatable bonds is 5. The summed E-state index contributed by atoms with van der Waals surface area (Å²) in [5.74, 6) is -0.317. The minimum atomic E-state index is -3.62. The quantitative estimate of drug-likeness (QED) is 0.766. The minimum Gasteiger partial charge on any atom is -0.347 e. The number of benzene rings is 1. The molecule has 0 spiro atoms.